The molecule has 3 aromatic rings. The third-order valence-electron chi connectivity index (χ3n) is 4.08. The Labute approximate surface area is 165 Å². The molecule has 0 fully saturated rings. The fourth-order valence-electron chi connectivity index (χ4n) is 2.71. The van der Waals surface area contributed by atoms with Crippen LogP contribution in [0.15, 0.2) is 48.7 Å². The maximum absolute atomic E-state index is 13.0. The highest BCUT2D eigenvalue weighted by molar-refractivity contribution is 6.35. The lowest BCUT2D eigenvalue weighted by atomic mass is 10.0. The molecule has 27 heavy (non-hydrogen) atoms. The number of nitrogens with two attached hydrogens (primary N) is 1. The van der Waals surface area contributed by atoms with Gasteiger partial charge in [0, 0.05) is 28.4 Å². The van der Waals surface area contributed by atoms with Crippen LogP contribution >= 0.6 is 23.2 Å². The molecular weight excluding hydrogens is 383 g/mol. The zero-order valence-corrected chi connectivity index (χ0v) is 15.4. The van der Waals surface area contributed by atoms with Crippen molar-refractivity contribution in [3.05, 3.63) is 86.7 Å². The normalized spacial score (nSPS) is 10.2. The van der Waals surface area contributed by atoms with Gasteiger partial charge in [-0.2, -0.15) is 10.5 Å². The van der Waals surface area contributed by atoms with Gasteiger partial charge in [0.1, 0.15) is 11.8 Å². The first-order chi connectivity index (χ1) is 12.9. The molecule has 0 aliphatic carbocycles. The standard InChI is InChI=1S/C20H12Cl2N4O/c21-16-6-5-14(17(22)7-16)10-26-11-15(9-24)18(25)19(26)20(27)13-3-1-12(8-23)2-4-13/h1-7,11H,10,25H2. The zero-order valence-electron chi connectivity index (χ0n) is 13.9. The number of rotatable bonds is 4. The first kappa shape index (κ1) is 18.5. The third-order valence-corrected chi connectivity index (χ3v) is 4.67. The van der Waals surface area contributed by atoms with Gasteiger partial charge >= 0.3 is 0 Å². The van der Waals surface area contributed by atoms with Gasteiger partial charge < -0.3 is 10.3 Å². The van der Waals surface area contributed by atoms with E-state index >= 15 is 0 Å². The van der Waals surface area contributed by atoms with Crippen molar-refractivity contribution in [2.45, 2.75) is 6.54 Å². The lowest BCUT2D eigenvalue weighted by Crippen LogP contribution is -2.13. The molecular formula is C20H12Cl2N4O. The number of nitrogen functional groups attached to an aromatic ring is 1. The molecule has 132 valence electrons. The number of halogens is 2. The number of hydrogen-bond donors (Lipinski definition) is 1. The van der Waals surface area contributed by atoms with E-state index < -0.39 is 0 Å². The number of aromatic nitrogens is 1. The molecule has 7 heteroatoms. The molecule has 0 saturated heterocycles. The molecule has 2 aromatic carbocycles. The Morgan fingerprint density at radius 2 is 1.78 bits per heavy atom. The number of anilines is 1. The summed E-state index contributed by atoms with van der Waals surface area (Å²) >= 11 is 12.2. The van der Waals surface area contributed by atoms with Crippen molar-refractivity contribution in [1.82, 2.24) is 4.57 Å². The number of ketones is 1. The summed E-state index contributed by atoms with van der Waals surface area (Å²) in [4.78, 5) is 13.0. The molecule has 0 amide bonds. The van der Waals surface area contributed by atoms with E-state index in [4.69, 9.17) is 34.2 Å². The number of nitriles is 2. The van der Waals surface area contributed by atoms with Crippen molar-refractivity contribution in [3.8, 4) is 12.1 Å². The largest absolute Gasteiger partial charge is 0.396 e. The summed E-state index contributed by atoms with van der Waals surface area (Å²) < 4.78 is 1.60. The van der Waals surface area contributed by atoms with Gasteiger partial charge in [-0.1, -0.05) is 29.3 Å². The Bertz CT molecular complexity index is 1120. The van der Waals surface area contributed by atoms with E-state index in [0.717, 1.165) is 5.56 Å². The minimum absolute atomic E-state index is 0.108. The number of hydrogen-bond acceptors (Lipinski definition) is 4. The van der Waals surface area contributed by atoms with E-state index in [-0.39, 0.29) is 29.3 Å². The average molecular weight is 395 g/mol. The molecule has 0 unspecified atom stereocenters. The van der Waals surface area contributed by atoms with Gasteiger partial charge in [0.15, 0.2) is 0 Å². The first-order valence-corrected chi connectivity index (χ1v) is 8.57. The van der Waals surface area contributed by atoms with Gasteiger partial charge in [0.2, 0.25) is 5.78 Å². The summed E-state index contributed by atoms with van der Waals surface area (Å²) in [7, 11) is 0. The Morgan fingerprint density at radius 1 is 1.07 bits per heavy atom. The van der Waals surface area contributed by atoms with E-state index in [2.05, 4.69) is 0 Å². The highest BCUT2D eigenvalue weighted by Crippen LogP contribution is 2.27. The van der Waals surface area contributed by atoms with Crippen molar-refractivity contribution in [3.63, 3.8) is 0 Å². The van der Waals surface area contributed by atoms with Gasteiger partial charge in [0.05, 0.1) is 22.9 Å². The van der Waals surface area contributed by atoms with Crippen LogP contribution in [0.5, 0.6) is 0 Å². The molecule has 3 rings (SSSR count). The van der Waals surface area contributed by atoms with E-state index in [9.17, 15) is 10.1 Å². The van der Waals surface area contributed by atoms with Crippen LogP contribution in [0, 0.1) is 22.7 Å². The van der Waals surface area contributed by atoms with E-state index in [1.807, 2.05) is 12.1 Å². The average Bonchev–Trinajstić information content (AvgIpc) is 2.98. The van der Waals surface area contributed by atoms with Crippen molar-refractivity contribution in [2.24, 2.45) is 0 Å². The van der Waals surface area contributed by atoms with Gasteiger partial charge in [-0.3, -0.25) is 4.79 Å². The lowest BCUT2D eigenvalue weighted by molar-refractivity contribution is 0.103. The topological polar surface area (TPSA) is 95.6 Å². The minimum atomic E-state index is -0.344. The lowest BCUT2D eigenvalue weighted by Gasteiger charge is -2.11. The van der Waals surface area contributed by atoms with Gasteiger partial charge in [-0.15, -0.1) is 0 Å². The number of benzene rings is 2. The summed E-state index contributed by atoms with van der Waals surface area (Å²) in [6.45, 7) is 0.249. The van der Waals surface area contributed by atoms with Crippen LogP contribution in [-0.4, -0.2) is 10.4 Å². The quantitative estimate of drug-likeness (QED) is 0.663. The zero-order chi connectivity index (χ0) is 19.6. The van der Waals surface area contributed by atoms with Crippen molar-refractivity contribution >= 4 is 34.7 Å². The smallest absolute Gasteiger partial charge is 0.211 e. The van der Waals surface area contributed by atoms with Gasteiger partial charge in [0.25, 0.3) is 0 Å². The summed E-state index contributed by atoms with van der Waals surface area (Å²) in [5.74, 6) is -0.344. The predicted octanol–water partition coefficient (Wildman–Crippen LogP) is 4.40. The Balaban J connectivity index is 2.06. The second kappa shape index (κ2) is 7.55. The van der Waals surface area contributed by atoms with E-state index in [1.54, 1.807) is 47.0 Å². The molecule has 0 spiro atoms. The third kappa shape index (κ3) is 3.66. The molecule has 0 bridgehead atoms. The molecule has 1 heterocycles. The van der Waals surface area contributed by atoms with Crippen LogP contribution in [-0.2, 0) is 6.54 Å². The molecule has 1 aromatic heterocycles. The van der Waals surface area contributed by atoms with Crippen molar-refractivity contribution in [1.29, 1.82) is 10.5 Å². The molecule has 0 saturated carbocycles. The predicted molar refractivity (Wildman–Crippen MR) is 104 cm³/mol. The van der Waals surface area contributed by atoms with E-state index in [1.165, 1.54) is 6.20 Å². The number of nitrogens with zero attached hydrogens (tertiary/aromatic N) is 3. The number of carbonyl (C=O) groups excluding carboxylic acids is 1. The second-order valence-corrected chi connectivity index (χ2v) is 6.64. The van der Waals surface area contributed by atoms with Crippen LogP contribution in [0.4, 0.5) is 5.69 Å². The minimum Gasteiger partial charge on any atom is -0.396 e. The molecule has 0 aliphatic heterocycles. The van der Waals surface area contributed by atoms with Gasteiger partial charge in [-0.25, -0.2) is 0 Å². The Morgan fingerprint density at radius 3 is 2.37 bits per heavy atom. The van der Waals surface area contributed by atoms with Crippen molar-refractivity contribution < 1.29 is 4.79 Å². The summed E-state index contributed by atoms with van der Waals surface area (Å²) in [5, 5.41) is 19.2. The summed E-state index contributed by atoms with van der Waals surface area (Å²) in [6.07, 6.45) is 1.52. The highest BCUT2D eigenvalue weighted by Gasteiger charge is 2.22. The Hall–Kier alpha value is -3.25. The Kier molecular flexibility index (Phi) is 5.19. The van der Waals surface area contributed by atoms with E-state index in [0.29, 0.717) is 21.2 Å². The maximum Gasteiger partial charge on any atom is 0.211 e. The monoisotopic (exact) mass is 394 g/mol. The fourth-order valence-corrected chi connectivity index (χ4v) is 3.17. The molecule has 5 nitrogen and oxygen atoms in total. The van der Waals surface area contributed by atoms with Crippen LogP contribution in [0.3, 0.4) is 0 Å². The first-order valence-electron chi connectivity index (χ1n) is 7.82. The fraction of sp³-hybridized carbons (Fsp3) is 0.0500. The SMILES string of the molecule is N#Cc1ccc(C(=O)c2c(N)c(C#N)cn2Cc2ccc(Cl)cc2Cl)cc1. The molecule has 0 aliphatic rings. The van der Waals surface area contributed by atoms with Crippen LogP contribution in [0.1, 0.15) is 32.7 Å². The van der Waals surface area contributed by atoms with Crippen LogP contribution in [0.2, 0.25) is 10.0 Å². The molecule has 0 atom stereocenters. The number of carbonyl (C=O) groups is 1. The van der Waals surface area contributed by atoms with Gasteiger partial charge in [-0.05, 0) is 42.0 Å². The summed E-state index contributed by atoms with van der Waals surface area (Å²) in [5.41, 5.74) is 8.11. The van der Waals surface area contributed by atoms with Crippen LogP contribution < -0.4 is 5.73 Å². The summed E-state index contributed by atoms with van der Waals surface area (Å²) in [6, 6.07) is 15.3. The van der Waals surface area contributed by atoms with Crippen LogP contribution in [0.25, 0.3) is 0 Å². The second-order valence-electron chi connectivity index (χ2n) is 5.80. The highest BCUT2D eigenvalue weighted by atomic mass is 35.5. The molecule has 0 radical (unpaired) electrons. The van der Waals surface area contributed by atoms with Crippen molar-refractivity contribution in [2.75, 3.05) is 5.73 Å². The maximum atomic E-state index is 13.0. The molecule has 2 N–H and O–H groups in total.